The minimum Gasteiger partial charge on any atom is -0.508 e. The first kappa shape index (κ1) is 64.0. The Labute approximate surface area is 452 Å². The third-order valence-corrected chi connectivity index (χ3v) is 13.0. The molecule has 0 radical (unpaired) electrons. The molecule has 0 aliphatic carbocycles. The van der Waals surface area contributed by atoms with E-state index in [1.807, 2.05) is 6.92 Å². The van der Waals surface area contributed by atoms with Crippen LogP contribution in [0.4, 0.5) is 0 Å². The molecule has 26 N–H and O–H groups in total. The van der Waals surface area contributed by atoms with E-state index in [2.05, 4.69) is 46.9 Å². The highest BCUT2D eigenvalue weighted by atomic mass is 16.3. The van der Waals surface area contributed by atoms with Crippen LogP contribution in [-0.4, -0.2) is 167 Å². The van der Waals surface area contributed by atoms with Gasteiger partial charge in [-0.3, -0.25) is 82.9 Å². The molecule has 0 spiro atoms. The van der Waals surface area contributed by atoms with Gasteiger partial charge < -0.3 is 62.6 Å². The zero-order valence-electron chi connectivity index (χ0n) is 44.3. The number of aldehydes is 1. The zero-order valence-corrected chi connectivity index (χ0v) is 44.3. The zero-order chi connectivity index (χ0) is 57.9. The number of nitrogens with zero attached hydrogens (tertiary/aromatic N) is 1. The van der Waals surface area contributed by atoms with Crippen LogP contribution in [0, 0.1) is 5.92 Å². The number of aliphatic hydroxyl groups is 1. The number of amides is 7. The predicted octanol–water partition coefficient (Wildman–Crippen LogP) is -10.2. The standard InChI is InChI=1S/C50H79N17O11/c1-3-28(2)40(66-41(72)34(51)9-5-21-59-49(54)55)47(78)67-23-7-11-39(67)46(77)65-38(27-69)45(76)64-37(25-30-14-18-33(71)19-15-30)44(75)62-35(10-6-22-60-50(56)57)42(73)63-36(24-29-12-16-32(70)17-13-29)43(74)61-31(26-68)8-4-20-58-48(52)53/h12-19,26,28,31,34-40,69-71H,3-11,20-25,27,51H2,1-2H3,(H,61,74)(H,62,75)(H,63,73)(H,64,76)(H,65,77)(H,66,72)(H4,52,53,58)(H4,54,55,59)(H4,56,57,60)/p+3/t28-,31-,34-,35-,36-,37-,38-,39-,40-/m0/s1. The average molecular weight is 1100 g/mol. The molecule has 1 saturated heterocycles. The number of phenols is 2. The normalized spacial score (nSPS) is 15.9. The van der Waals surface area contributed by atoms with Crippen molar-refractivity contribution in [1.82, 2.24) is 36.8 Å². The van der Waals surface area contributed by atoms with E-state index < -0.39 is 96.3 Å². The number of nitrogens with two attached hydrogens (primary N) is 7. The van der Waals surface area contributed by atoms with Gasteiger partial charge in [0.1, 0.15) is 54.0 Å². The lowest BCUT2D eigenvalue weighted by Crippen LogP contribution is -2.78. The molecule has 1 aliphatic rings. The van der Waals surface area contributed by atoms with E-state index in [4.69, 9.17) is 40.1 Å². The molecule has 0 bridgehead atoms. The van der Waals surface area contributed by atoms with Crippen LogP contribution in [0.25, 0.3) is 0 Å². The van der Waals surface area contributed by atoms with Gasteiger partial charge in [0.2, 0.25) is 41.4 Å². The summed E-state index contributed by atoms with van der Waals surface area (Å²) in [4.78, 5) is 120. The molecule has 28 nitrogen and oxygen atoms in total. The summed E-state index contributed by atoms with van der Waals surface area (Å²) in [5.41, 5.74) is 40.1. The minimum absolute atomic E-state index is 0.0215. The maximum absolute atomic E-state index is 14.5. The molecule has 2 aromatic carbocycles. The van der Waals surface area contributed by atoms with Gasteiger partial charge in [-0.25, -0.2) is 0 Å². The first-order valence-electron chi connectivity index (χ1n) is 25.9. The van der Waals surface area contributed by atoms with Gasteiger partial charge in [-0.2, -0.15) is 0 Å². The third kappa shape index (κ3) is 22.1. The van der Waals surface area contributed by atoms with Crippen LogP contribution in [0.3, 0.4) is 0 Å². The third-order valence-electron chi connectivity index (χ3n) is 13.0. The number of hydrogen-bond donors (Lipinski definition) is 19. The Morgan fingerprint density at radius 2 is 1.08 bits per heavy atom. The van der Waals surface area contributed by atoms with Crippen molar-refractivity contribution in [3.63, 3.8) is 0 Å². The van der Waals surface area contributed by atoms with E-state index in [0.29, 0.717) is 56.2 Å². The van der Waals surface area contributed by atoms with Gasteiger partial charge in [-0.05, 0) is 92.7 Å². The maximum Gasteiger partial charge on any atom is 0.338 e. The number of phenolic OH excluding ortho intramolecular Hbond substituents is 2. The molecule has 0 unspecified atom stereocenters. The SMILES string of the molecule is CC[C@H](C)[C@H](NC(=O)[C@@H](N)CCC[NH+]=C(N)N)C(=O)N1CCC[C@H]1C(=O)N[C@@H](CO)C(=O)N[C@@H](Cc1ccc(O)cc1)C(=O)N[C@@H](CCC[NH+]=C(N)N)C(=O)N[C@@H](Cc1ccc(O)cc1)C(=O)N[C@H](C=O)CCC[NH+]=C(N)N. The van der Waals surface area contributed by atoms with Gasteiger partial charge in [0.05, 0.1) is 38.3 Å². The van der Waals surface area contributed by atoms with Crippen molar-refractivity contribution >= 4 is 65.5 Å². The fourth-order valence-corrected chi connectivity index (χ4v) is 8.36. The van der Waals surface area contributed by atoms with Crippen LogP contribution >= 0.6 is 0 Å². The lowest BCUT2D eigenvalue weighted by Gasteiger charge is -2.32. The highest BCUT2D eigenvalue weighted by Gasteiger charge is 2.41. The second kappa shape index (κ2) is 33.0. The van der Waals surface area contributed by atoms with Crippen molar-refractivity contribution in [3.8, 4) is 11.5 Å². The van der Waals surface area contributed by atoms with E-state index in [1.54, 1.807) is 6.92 Å². The van der Waals surface area contributed by atoms with Crippen molar-refractivity contribution in [2.75, 3.05) is 32.8 Å². The summed E-state index contributed by atoms with van der Waals surface area (Å²) in [6.45, 7) is 3.62. The van der Waals surface area contributed by atoms with Gasteiger partial charge in [0.25, 0.3) is 0 Å². The molecule has 430 valence electrons. The molecular formula is C50H82N17O11+3. The minimum atomic E-state index is -1.67. The van der Waals surface area contributed by atoms with E-state index in [9.17, 15) is 53.7 Å². The number of hydrogen-bond acceptors (Lipinski definition) is 12. The molecule has 0 aromatic heterocycles. The van der Waals surface area contributed by atoms with E-state index in [1.165, 1.54) is 53.4 Å². The molecule has 9 atom stereocenters. The highest BCUT2D eigenvalue weighted by molar-refractivity contribution is 5.98. The van der Waals surface area contributed by atoms with Crippen LogP contribution in [0.5, 0.6) is 11.5 Å². The van der Waals surface area contributed by atoms with Crippen LogP contribution in [0.1, 0.15) is 82.8 Å². The fourth-order valence-electron chi connectivity index (χ4n) is 8.36. The summed E-state index contributed by atoms with van der Waals surface area (Å²) in [6, 6.07) is 1.48. The average Bonchev–Trinajstić information content (AvgIpc) is 3.92. The quantitative estimate of drug-likeness (QED) is 0.0137. The molecule has 1 fully saturated rings. The van der Waals surface area contributed by atoms with Crippen molar-refractivity contribution in [2.24, 2.45) is 46.1 Å². The maximum atomic E-state index is 14.5. The second-order valence-electron chi connectivity index (χ2n) is 19.2. The Kier molecular flexibility index (Phi) is 27.1. The van der Waals surface area contributed by atoms with Gasteiger partial charge in [-0.1, -0.05) is 44.5 Å². The van der Waals surface area contributed by atoms with Crippen molar-refractivity contribution in [2.45, 2.75) is 133 Å². The summed E-state index contributed by atoms with van der Waals surface area (Å²) in [5.74, 6) is -6.08. The topological polar surface area (TPSA) is 497 Å². The Morgan fingerprint density at radius 3 is 1.55 bits per heavy atom. The Bertz CT molecular complexity index is 2400. The molecule has 7 amide bonds. The second-order valence-corrected chi connectivity index (χ2v) is 19.2. The number of guanidine groups is 3. The Hall–Kier alpha value is -8.27. The summed E-state index contributed by atoms with van der Waals surface area (Å²) in [6.07, 6.45) is 2.59. The molecule has 1 heterocycles. The number of carbonyl (C=O) groups is 8. The van der Waals surface area contributed by atoms with E-state index in [-0.39, 0.29) is 93.3 Å². The first-order valence-corrected chi connectivity index (χ1v) is 25.9. The number of aromatic hydroxyl groups is 2. The number of benzene rings is 2. The molecule has 28 heteroatoms. The molecule has 1 aliphatic heterocycles. The van der Waals surface area contributed by atoms with Crippen molar-refractivity contribution in [3.05, 3.63) is 59.7 Å². The van der Waals surface area contributed by atoms with E-state index in [0.717, 1.165) is 0 Å². The fraction of sp³-hybridized carbons (Fsp3) is 0.540. The summed E-state index contributed by atoms with van der Waals surface area (Å²) >= 11 is 0. The highest BCUT2D eigenvalue weighted by Crippen LogP contribution is 2.22. The van der Waals surface area contributed by atoms with Crippen LogP contribution in [0.2, 0.25) is 0 Å². The Balaban J connectivity index is 1.90. The monoisotopic (exact) mass is 1100 g/mol. The van der Waals surface area contributed by atoms with Crippen LogP contribution < -0.4 is 87.0 Å². The van der Waals surface area contributed by atoms with Crippen molar-refractivity contribution in [1.29, 1.82) is 0 Å². The smallest absolute Gasteiger partial charge is 0.338 e. The van der Waals surface area contributed by atoms with Crippen molar-refractivity contribution < 1.29 is 68.7 Å². The molecule has 0 saturated carbocycles. The lowest BCUT2D eigenvalue weighted by atomic mass is 9.96. The number of aliphatic hydroxyl groups excluding tert-OH is 1. The number of carbonyl (C=O) groups excluding carboxylic acids is 8. The molecule has 3 rings (SSSR count). The van der Waals surface area contributed by atoms with E-state index >= 15 is 0 Å². The lowest BCUT2D eigenvalue weighted by molar-refractivity contribution is -0.460. The van der Waals surface area contributed by atoms with Gasteiger partial charge in [0, 0.05) is 19.4 Å². The van der Waals surface area contributed by atoms with Crippen LogP contribution in [-0.2, 0) is 51.2 Å². The molecule has 78 heavy (non-hydrogen) atoms. The number of nitrogens with one attached hydrogen (secondary N) is 9. The predicted molar refractivity (Wildman–Crippen MR) is 286 cm³/mol. The first-order chi connectivity index (χ1) is 37.1. The Morgan fingerprint density at radius 1 is 0.628 bits per heavy atom. The summed E-state index contributed by atoms with van der Waals surface area (Å²) in [5, 5.41) is 46.3. The van der Waals surface area contributed by atoms with Crippen LogP contribution in [0.15, 0.2) is 48.5 Å². The van der Waals surface area contributed by atoms with Gasteiger partial charge >= 0.3 is 17.9 Å². The van der Waals surface area contributed by atoms with Gasteiger partial charge in [0.15, 0.2) is 0 Å². The number of rotatable bonds is 33. The number of likely N-dealkylation sites (tertiary alicyclic amines) is 1. The van der Waals surface area contributed by atoms with Gasteiger partial charge in [-0.15, -0.1) is 0 Å². The largest absolute Gasteiger partial charge is 0.508 e. The summed E-state index contributed by atoms with van der Waals surface area (Å²) in [7, 11) is 0. The molecule has 2 aromatic rings. The summed E-state index contributed by atoms with van der Waals surface area (Å²) < 4.78 is 0. The molecular weight excluding hydrogens is 1010 g/mol.